The van der Waals surface area contributed by atoms with Crippen LogP contribution >= 0.6 is 0 Å². The summed E-state index contributed by atoms with van der Waals surface area (Å²) in [5.41, 5.74) is -0.770. The van der Waals surface area contributed by atoms with Crippen molar-refractivity contribution >= 4 is 5.91 Å². The Morgan fingerprint density at radius 3 is 2.38 bits per heavy atom. The summed E-state index contributed by atoms with van der Waals surface area (Å²) < 4.78 is 0. The Balaban J connectivity index is 2.43. The van der Waals surface area contributed by atoms with E-state index in [2.05, 4.69) is 5.32 Å². The van der Waals surface area contributed by atoms with Crippen LogP contribution in [0.1, 0.15) is 41.0 Å². The topological polar surface area (TPSA) is 52.6 Å². The number of hydrogen-bond acceptors (Lipinski definition) is 3. The number of amides is 1. The maximum Gasteiger partial charge on any atom is 0.237 e. The van der Waals surface area contributed by atoms with Gasteiger partial charge in [0, 0.05) is 18.6 Å². The molecule has 1 aliphatic heterocycles. The monoisotopic (exact) mass is 228 g/mol. The lowest BCUT2D eigenvalue weighted by Crippen LogP contribution is -2.66. The van der Waals surface area contributed by atoms with Crippen molar-refractivity contribution in [3.63, 3.8) is 0 Å². The van der Waals surface area contributed by atoms with E-state index in [4.69, 9.17) is 0 Å². The molecule has 0 bridgehead atoms. The Bertz CT molecular complexity index is 265. The normalized spacial score (nSPS) is 22.4. The number of nitrogens with zero attached hydrogens (tertiary/aromatic N) is 1. The molecule has 94 valence electrons. The van der Waals surface area contributed by atoms with Gasteiger partial charge in [-0.25, -0.2) is 0 Å². The van der Waals surface area contributed by atoms with E-state index in [9.17, 15) is 9.90 Å². The quantitative estimate of drug-likeness (QED) is 0.749. The molecule has 0 radical (unpaired) electrons. The molecule has 1 amide bonds. The number of β-amino-alcohol motifs (C(OH)–C–C–N with tert-alkyl or cyclic N) is 1. The Hall–Kier alpha value is -0.610. The fourth-order valence-corrected chi connectivity index (χ4v) is 1.85. The van der Waals surface area contributed by atoms with Crippen LogP contribution in [0.25, 0.3) is 0 Å². The highest BCUT2D eigenvalue weighted by atomic mass is 16.3. The van der Waals surface area contributed by atoms with Crippen LogP contribution < -0.4 is 5.32 Å². The lowest BCUT2D eigenvalue weighted by Gasteiger charge is -2.48. The number of likely N-dealkylation sites (tertiary alicyclic amines) is 1. The number of rotatable bonds is 3. The Labute approximate surface area is 98.0 Å². The lowest BCUT2D eigenvalue weighted by atomic mass is 9.89. The van der Waals surface area contributed by atoms with E-state index in [1.807, 2.05) is 39.5 Å². The van der Waals surface area contributed by atoms with Crippen molar-refractivity contribution in [2.75, 3.05) is 13.1 Å². The van der Waals surface area contributed by atoms with E-state index in [-0.39, 0.29) is 17.5 Å². The second kappa shape index (κ2) is 4.34. The van der Waals surface area contributed by atoms with Crippen LogP contribution in [-0.2, 0) is 4.79 Å². The molecule has 0 aliphatic carbocycles. The molecule has 1 heterocycles. The zero-order valence-electron chi connectivity index (χ0n) is 11.0. The van der Waals surface area contributed by atoms with E-state index < -0.39 is 5.60 Å². The van der Waals surface area contributed by atoms with Crippen molar-refractivity contribution < 1.29 is 9.90 Å². The summed E-state index contributed by atoms with van der Waals surface area (Å²) in [6, 6.07) is -0.161. The van der Waals surface area contributed by atoms with Crippen LogP contribution in [0.15, 0.2) is 0 Å². The standard InChI is InChI=1S/C12H24N2O2/c1-6-12(16)7-14(8-12)9(2)10(15)13-11(3,4)5/h9,16H,6-8H2,1-5H3,(H,13,15). The first-order chi connectivity index (χ1) is 7.17. The maximum atomic E-state index is 11.9. The predicted molar refractivity (Wildman–Crippen MR) is 64.2 cm³/mol. The molecular formula is C12H24N2O2. The Morgan fingerprint density at radius 1 is 1.50 bits per heavy atom. The molecule has 4 nitrogen and oxygen atoms in total. The first kappa shape index (κ1) is 13.5. The van der Waals surface area contributed by atoms with Gasteiger partial charge in [-0.3, -0.25) is 9.69 Å². The molecule has 1 fully saturated rings. The van der Waals surface area contributed by atoms with Gasteiger partial charge < -0.3 is 10.4 Å². The Kier molecular flexibility index (Phi) is 3.65. The van der Waals surface area contributed by atoms with Crippen molar-refractivity contribution in [2.45, 2.75) is 58.2 Å². The molecule has 0 aromatic carbocycles. The largest absolute Gasteiger partial charge is 0.387 e. The minimum Gasteiger partial charge on any atom is -0.387 e. The van der Waals surface area contributed by atoms with Crippen LogP contribution in [-0.4, -0.2) is 46.2 Å². The zero-order valence-corrected chi connectivity index (χ0v) is 11.0. The van der Waals surface area contributed by atoms with E-state index in [1.54, 1.807) is 0 Å². The smallest absolute Gasteiger partial charge is 0.237 e. The van der Waals surface area contributed by atoms with Gasteiger partial charge in [0.15, 0.2) is 0 Å². The fourth-order valence-electron chi connectivity index (χ4n) is 1.85. The molecular weight excluding hydrogens is 204 g/mol. The molecule has 2 N–H and O–H groups in total. The van der Waals surface area contributed by atoms with Crippen LogP contribution in [0.5, 0.6) is 0 Å². The van der Waals surface area contributed by atoms with E-state index in [0.717, 1.165) is 6.42 Å². The third-order valence-electron chi connectivity index (χ3n) is 3.08. The minimum absolute atomic E-state index is 0.0330. The lowest BCUT2D eigenvalue weighted by molar-refractivity contribution is -0.143. The molecule has 1 aliphatic rings. The third-order valence-corrected chi connectivity index (χ3v) is 3.08. The van der Waals surface area contributed by atoms with Gasteiger partial charge in [-0.2, -0.15) is 0 Å². The molecule has 0 aromatic heterocycles. The highest BCUT2D eigenvalue weighted by Crippen LogP contribution is 2.26. The molecule has 0 aromatic rings. The summed E-state index contributed by atoms with van der Waals surface area (Å²) in [6.07, 6.45) is 0.747. The van der Waals surface area contributed by atoms with Crippen LogP contribution in [0.3, 0.4) is 0 Å². The summed E-state index contributed by atoms with van der Waals surface area (Å²) in [7, 11) is 0. The number of aliphatic hydroxyl groups is 1. The van der Waals surface area contributed by atoms with Gasteiger partial charge in [0.05, 0.1) is 11.6 Å². The van der Waals surface area contributed by atoms with Crippen molar-refractivity contribution in [3.05, 3.63) is 0 Å². The molecule has 0 spiro atoms. The highest BCUT2D eigenvalue weighted by molar-refractivity contribution is 5.82. The van der Waals surface area contributed by atoms with E-state index in [1.165, 1.54) is 0 Å². The maximum absolute atomic E-state index is 11.9. The molecule has 1 unspecified atom stereocenters. The van der Waals surface area contributed by atoms with Gasteiger partial charge in [-0.1, -0.05) is 6.92 Å². The highest BCUT2D eigenvalue weighted by Gasteiger charge is 2.43. The van der Waals surface area contributed by atoms with Gasteiger partial charge >= 0.3 is 0 Å². The summed E-state index contributed by atoms with van der Waals surface area (Å²) in [5, 5.41) is 12.8. The van der Waals surface area contributed by atoms with Crippen LogP contribution in [0.4, 0.5) is 0 Å². The average molecular weight is 228 g/mol. The van der Waals surface area contributed by atoms with Crippen molar-refractivity contribution in [1.82, 2.24) is 10.2 Å². The zero-order chi connectivity index (χ0) is 12.6. The van der Waals surface area contributed by atoms with E-state index in [0.29, 0.717) is 13.1 Å². The van der Waals surface area contributed by atoms with Gasteiger partial charge in [-0.15, -0.1) is 0 Å². The molecule has 16 heavy (non-hydrogen) atoms. The number of nitrogens with one attached hydrogen (secondary N) is 1. The van der Waals surface area contributed by atoms with Crippen LogP contribution in [0, 0.1) is 0 Å². The van der Waals surface area contributed by atoms with Crippen molar-refractivity contribution in [3.8, 4) is 0 Å². The van der Waals surface area contributed by atoms with Crippen LogP contribution in [0.2, 0.25) is 0 Å². The van der Waals surface area contributed by atoms with Crippen molar-refractivity contribution in [1.29, 1.82) is 0 Å². The van der Waals surface area contributed by atoms with Gasteiger partial charge in [0.2, 0.25) is 5.91 Å². The third kappa shape index (κ3) is 3.19. The summed E-state index contributed by atoms with van der Waals surface area (Å²) in [4.78, 5) is 13.9. The summed E-state index contributed by atoms with van der Waals surface area (Å²) in [6.45, 7) is 11.0. The molecule has 1 atom stereocenters. The first-order valence-corrected chi connectivity index (χ1v) is 5.95. The predicted octanol–water partition coefficient (Wildman–Crippen LogP) is 0.746. The van der Waals surface area contributed by atoms with Gasteiger partial charge in [-0.05, 0) is 34.1 Å². The summed E-state index contributed by atoms with van der Waals surface area (Å²) >= 11 is 0. The molecule has 0 saturated carbocycles. The number of carbonyl (C=O) groups is 1. The number of hydrogen-bond donors (Lipinski definition) is 2. The summed E-state index contributed by atoms with van der Waals surface area (Å²) in [5.74, 6) is 0.0330. The first-order valence-electron chi connectivity index (χ1n) is 5.95. The van der Waals surface area contributed by atoms with Gasteiger partial charge in [0.1, 0.15) is 0 Å². The van der Waals surface area contributed by atoms with E-state index >= 15 is 0 Å². The SMILES string of the molecule is CCC1(O)CN(C(C)C(=O)NC(C)(C)C)C1. The van der Waals surface area contributed by atoms with Crippen molar-refractivity contribution in [2.24, 2.45) is 0 Å². The molecule has 1 rings (SSSR count). The fraction of sp³-hybridized carbons (Fsp3) is 0.917. The second-order valence-electron chi connectivity index (χ2n) is 5.90. The minimum atomic E-state index is -0.573. The molecule has 4 heteroatoms. The second-order valence-corrected chi connectivity index (χ2v) is 5.90. The average Bonchev–Trinajstić information content (AvgIpc) is 2.09. The number of carbonyl (C=O) groups excluding carboxylic acids is 1. The Morgan fingerprint density at radius 2 is 2.00 bits per heavy atom. The van der Waals surface area contributed by atoms with Gasteiger partial charge in [0.25, 0.3) is 0 Å². The molecule has 1 saturated heterocycles.